The average molecular weight is 204 g/mol. The van der Waals surface area contributed by atoms with Crippen LogP contribution in [-0.2, 0) is 6.42 Å². The van der Waals surface area contributed by atoms with E-state index < -0.39 is 0 Å². The molecule has 0 aliphatic heterocycles. The minimum Gasteiger partial charge on any atom is -0.497 e. The van der Waals surface area contributed by atoms with Gasteiger partial charge in [-0.15, -0.1) is 0 Å². The number of nitrogens with one attached hydrogen (secondary N) is 1. The summed E-state index contributed by atoms with van der Waals surface area (Å²) in [5.41, 5.74) is 8.16. The molecule has 0 amide bonds. The maximum Gasteiger partial charge on any atom is 0.120 e. The minimum atomic E-state index is 0.186. The molecule has 0 bridgehead atoms. The van der Waals surface area contributed by atoms with E-state index in [1.807, 2.05) is 25.3 Å². The molecule has 2 aromatic rings. The van der Waals surface area contributed by atoms with Gasteiger partial charge in [0, 0.05) is 29.2 Å². The number of rotatable bonds is 3. The van der Waals surface area contributed by atoms with Crippen LogP contribution in [0.5, 0.6) is 5.75 Å². The van der Waals surface area contributed by atoms with Gasteiger partial charge in [-0.3, -0.25) is 0 Å². The Kier molecular flexibility index (Phi) is 2.64. The second-order valence-corrected chi connectivity index (χ2v) is 3.91. The van der Waals surface area contributed by atoms with Gasteiger partial charge in [0.2, 0.25) is 0 Å². The lowest BCUT2D eigenvalue weighted by molar-refractivity contribution is 0.415. The van der Waals surface area contributed by atoms with E-state index >= 15 is 0 Å². The number of ether oxygens (including phenoxy) is 1. The largest absolute Gasteiger partial charge is 0.497 e. The number of H-pyrrole nitrogens is 1. The highest BCUT2D eigenvalue weighted by molar-refractivity contribution is 5.84. The lowest BCUT2D eigenvalue weighted by Gasteiger charge is -2.03. The van der Waals surface area contributed by atoms with Crippen molar-refractivity contribution in [3.8, 4) is 5.75 Å². The van der Waals surface area contributed by atoms with Crippen LogP contribution in [0.25, 0.3) is 10.9 Å². The van der Waals surface area contributed by atoms with Crippen LogP contribution in [0.4, 0.5) is 0 Å². The van der Waals surface area contributed by atoms with Crippen molar-refractivity contribution in [3.63, 3.8) is 0 Å². The molecule has 0 saturated carbocycles. The minimum absolute atomic E-state index is 0.186. The van der Waals surface area contributed by atoms with E-state index in [2.05, 4.69) is 11.1 Å². The van der Waals surface area contributed by atoms with Crippen LogP contribution in [0.2, 0.25) is 0 Å². The lowest BCUT2D eigenvalue weighted by atomic mass is 10.1. The maximum atomic E-state index is 5.79. The molecule has 1 aromatic heterocycles. The van der Waals surface area contributed by atoms with E-state index in [0.717, 1.165) is 17.7 Å². The Balaban J connectivity index is 2.43. The zero-order valence-corrected chi connectivity index (χ0v) is 9.08. The van der Waals surface area contributed by atoms with E-state index in [1.54, 1.807) is 7.11 Å². The molecule has 0 spiro atoms. The van der Waals surface area contributed by atoms with Gasteiger partial charge in [-0.2, -0.15) is 0 Å². The van der Waals surface area contributed by atoms with Gasteiger partial charge < -0.3 is 15.5 Å². The van der Waals surface area contributed by atoms with E-state index in [0.29, 0.717) is 0 Å². The van der Waals surface area contributed by atoms with Crippen molar-refractivity contribution in [2.75, 3.05) is 7.11 Å². The van der Waals surface area contributed by atoms with Crippen LogP contribution >= 0.6 is 0 Å². The molecule has 0 aliphatic rings. The van der Waals surface area contributed by atoms with Gasteiger partial charge in [0.25, 0.3) is 0 Å². The van der Waals surface area contributed by atoms with Crippen molar-refractivity contribution in [1.82, 2.24) is 4.98 Å². The number of hydrogen-bond acceptors (Lipinski definition) is 2. The fourth-order valence-corrected chi connectivity index (χ4v) is 1.81. The molecule has 2 rings (SSSR count). The Labute approximate surface area is 89.2 Å². The smallest absolute Gasteiger partial charge is 0.120 e. The number of methoxy groups -OCH3 is 1. The van der Waals surface area contributed by atoms with Crippen molar-refractivity contribution in [2.24, 2.45) is 5.73 Å². The van der Waals surface area contributed by atoms with Gasteiger partial charge >= 0.3 is 0 Å². The van der Waals surface area contributed by atoms with Crippen LogP contribution < -0.4 is 10.5 Å². The first-order chi connectivity index (χ1) is 7.20. The first-order valence-electron chi connectivity index (χ1n) is 5.10. The molecule has 3 nitrogen and oxygen atoms in total. The summed E-state index contributed by atoms with van der Waals surface area (Å²) in [5, 5.41) is 1.23. The summed E-state index contributed by atoms with van der Waals surface area (Å²) in [5.74, 6) is 0.872. The van der Waals surface area contributed by atoms with E-state index in [1.165, 1.54) is 10.9 Å². The number of aromatic nitrogens is 1. The van der Waals surface area contributed by atoms with Crippen molar-refractivity contribution in [2.45, 2.75) is 19.4 Å². The molecule has 1 atom stereocenters. The molecule has 15 heavy (non-hydrogen) atoms. The Hall–Kier alpha value is -1.48. The first kappa shape index (κ1) is 10.1. The van der Waals surface area contributed by atoms with Crippen LogP contribution in [-0.4, -0.2) is 18.1 Å². The topological polar surface area (TPSA) is 51.0 Å². The first-order valence-corrected chi connectivity index (χ1v) is 5.10. The van der Waals surface area contributed by atoms with Crippen LogP contribution in [0.3, 0.4) is 0 Å². The van der Waals surface area contributed by atoms with Crippen molar-refractivity contribution >= 4 is 10.9 Å². The number of nitrogens with two attached hydrogens (primary N) is 1. The highest BCUT2D eigenvalue weighted by Crippen LogP contribution is 2.23. The molecule has 0 saturated heterocycles. The molecule has 1 aromatic carbocycles. The third-order valence-electron chi connectivity index (χ3n) is 2.52. The zero-order valence-electron chi connectivity index (χ0n) is 9.08. The van der Waals surface area contributed by atoms with Gasteiger partial charge in [0.15, 0.2) is 0 Å². The fourth-order valence-electron chi connectivity index (χ4n) is 1.81. The maximum absolute atomic E-state index is 5.79. The molecule has 1 heterocycles. The standard InChI is InChI=1S/C12H16N2O/c1-8(13)5-9-7-14-12-6-10(15-2)3-4-11(9)12/h3-4,6-8,14H,5,13H2,1-2H3/t8-/m0/s1. The molecule has 3 heteroatoms. The predicted octanol–water partition coefficient (Wildman–Crippen LogP) is 2.07. The van der Waals surface area contributed by atoms with Crippen molar-refractivity contribution in [1.29, 1.82) is 0 Å². The summed E-state index contributed by atoms with van der Waals surface area (Å²) < 4.78 is 5.17. The molecular weight excluding hydrogens is 188 g/mol. The van der Waals surface area contributed by atoms with Crippen LogP contribution in [0.1, 0.15) is 12.5 Å². The quantitative estimate of drug-likeness (QED) is 0.804. The molecule has 3 N–H and O–H groups in total. The molecule has 0 unspecified atom stereocenters. The van der Waals surface area contributed by atoms with E-state index in [-0.39, 0.29) is 6.04 Å². The van der Waals surface area contributed by atoms with E-state index in [9.17, 15) is 0 Å². The molecule has 0 radical (unpaired) electrons. The molecule has 0 fully saturated rings. The summed E-state index contributed by atoms with van der Waals surface area (Å²) in [4.78, 5) is 3.23. The van der Waals surface area contributed by atoms with Gasteiger partial charge in [0.1, 0.15) is 5.75 Å². The van der Waals surface area contributed by atoms with Crippen LogP contribution in [0, 0.1) is 0 Å². The lowest BCUT2D eigenvalue weighted by Crippen LogP contribution is -2.17. The monoisotopic (exact) mass is 204 g/mol. The second-order valence-electron chi connectivity index (χ2n) is 3.91. The number of fused-ring (bicyclic) bond motifs is 1. The van der Waals surface area contributed by atoms with Gasteiger partial charge in [0.05, 0.1) is 7.11 Å². The Morgan fingerprint density at radius 3 is 2.93 bits per heavy atom. The van der Waals surface area contributed by atoms with Gasteiger partial charge in [-0.25, -0.2) is 0 Å². The Morgan fingerprint density at radius 2 is 2.27 bits per heavy atom. The molecule has 0 aliphatic carbocycles. The van der Waals surface area contributed by atoms with E-state index in [4.69, 9.17) is 10.5 Å². The van der Waals surface area contributed by atoms with Gasteiger partial charge in [-0.1, -0.05) is 0 Å². The molecular formula is C12H16N2O. The summed E-state index contributed by atoms with van der Waals surface area (Å²) in [6.45, 7) is 2.02. The summed E-state index contributed by atoms with van der Waals surface area (Å²) in [6.07, 6.45) is 2.92. The third kappa shape index (κ3) is 1.97. The summed E-state index contributed by atoms with van der Waals surface area (Å²) >= 11 is 0. The number of benzene rings is 1. The molecule has 80 valence electrons. The average Bonchev–Trinajstić information content (AvgIpc) is 2.60. The zero-order chi connectivity index (χ0) is 10.8. The van der Waals surface area contributed by atoms with Crippen molar-refractivity contribution < 1.29 is 4.74 Å². The second kappa shape index (κ2) is 3.95. The fraction of sp³-hybridized carbons (Fsp3) is 0.333. The highest BCUT2D eigenvalue weighted by Gasteiger charge is 2.06. The third-order valence-corrected chi connectivity index (χ3v) is 2.52. The Bertz CT molecular complexity index is 460. The SMILES string of the molecule is COc1ccc2c(C[C@H](C)N)c[nH]c2c1. The highest BCUT2D eigenvalue weighted by atomic mass is 16.5. The normalized spacial score (nSPS) is 13.0. The predicted molar refractivity (Wildman–Crippen MR) is 62.2 cm³/mol. The Morgan fingerprint density at radius 1 is 1.47 bits per heavy atom. The van der Waals surface area contributed by atoms with Crippen LogP contribution in [0.15, 0.2) is 24.4 Å². The number of hydrogen-bond donors (Lipinski definition) is 2. The number of aromatic amines is 1. The summed E-state index contributed by atoms with van der Waals surface area (Å²) in [6, 6.07) is 6.23. The van der Waals surface area contributed by atoms with Gasteiger partial charge in [-0.05, 0) is 31.0 Å². The summed E-state index contributed by atoms with van der Waals surface area (Å²) in [7, 11) is 1.67. The van der Waals surface area contributed by atoms with Crippen molar-refractivity contribution in [3.05, 3.63) is 30.0 Å².